The molecule has 194 valence electrons. The van der Waals surface area contributed by atoms with Crippen LogP contribution in [-0.4, -0.2) is 47.8 Å². The highest BCUT2D eigenvalue weighted by Crippen LogP contribution is 2.51. The van der Waals surface area contributed by atoms with Crippen molar-refractivity contribution in [2.24, 2.45) is 11.8 Å². The van der Waals surface area contributed by atoms with E-state index in [-0.39, 0.29) is 0 Å². The van der Waals surface area contributed by atoms with E-state index in [0.29, 0.717) is 27.7 Å². The lowest BCUT2D eigenvalue weighted by Crippen LogP contribution is -2.60. The van der Waals surface area contributed by atoms with Gasteiger partial charge in [-0.1, -0.05) is 34.3 Å². The first-order valence-electron chi connectivity index (χ1n) is 8.69. The Bertz CT molecular complexity index is 756. The molecule has 0 aromatic carbocycles. The van der Waals surface area contributed by atoms with Crippen LogP contribution in [0.3, 0.4) is 0 Å². The van der Waals surface area contributed by atoms with Gasteiger partial charge in [0, 0.05) is 17.4 Å². The molecule has 0 aromatic rings. The lowest BCUT2D eigenvalue weighted by atomic mass is 9.97. The molecule has 0 fully saturated rings. The number of carbonyl (C=O) groups excluding carboxylic acids is 2. The second kappa shape index (κ2) is 9.24. The molecule has 2 unspecified atom stereocenters. The van der Waals surface area contributed by atoms with Crippen LogP contribution in [0, 0.1) is 11.8 Å². The van der Waals surface area contributed by atoms with Crippen LogP contribution in [0.2, 0.25) is 0 Å². The van der Waals surface area contributed by atoms with Crippen molar-refractivity contribution in [3.63, 3.8) is 0 Å². The first kappa shape index (κ1) is 30.8. The average molecular weight is 514 g/mol. The van der Waals surface area contributed by atoms with E-state index in [0.717, 1.165) is 0 Å². The molecule has 0 aliphatic heterocycles. The van der Waals surface area contributed by atoms with E-state index < -0.39 is 71.7 Å². The van der Waals surface area contributed by atoms with Crippen LogP contribution in [0.15, 0.2) is 12.2 Å². The number of halogens is 12. The molecule has 0 aromatic heterocycles. The maximum Gasteiger partial charge on any atom is 0.467 e. The van der Waals surface area contributed by atoms with Gasteiger partial charge in [-0.2, -0.15) is 52.7 Å². The van der Waals surface area contributed by atoms with Gasteiger partial charge in [0.05, 0.1) is 6.42 Å². The van der Waals surface area contributed by atoms with E-state index in [1.165, 1.54) is 0 Å². The predicted octanol–water partition coefficient (Wildman–Crippen LogP) is 6.06. The molecular formula is C17H18F12O4. The minimum atomic E-state index is -6.54. The number of rotatable bonds is 9. The molecule has 0 aliphatic carbocycles. The second-order valence-corrected chi connectivity index (χ2v) is 7.39. The minimum absolute atomic E-state index is 0.424. The summed E-state index contributed by atoms with van der Waals surface area (Å²) in [4.78, 5) is 23.1. The fourth-order valence-corrected chi connectivity index (χ4v) is 2.01. The van der Waals surface area contributed by atoms with Crippen molar-refractivity contribution in [3.05, 3.63) is 12.2 Å². The second-order valence-electron chi connectivity index (χ2n) is 7.39. The van der Waals surface area contributed by atoms with E-state index >= 15 is 0 Å². The largest absolute Gasteiger partial charge is 0.467 e. The van der Waals surface area contributed by atoms with Crippen LogP contribution in [0.4, 0.5) is 52.7 Å². The predicted molar refractivity (Wildman–Crippen MR) is 85.3 cm³/mol. The average Bonchev–Trinajstić information content (AvgIpc) is 2.58. The van der Waals surface area contributed by atoms with Crippen LogP contribution < -0.4 is 0 Å². The van der Waals surface area contributed by atoms with Gasteiger partial charge in [-0.3, -0.25) is 4.79 Å². The van der Waals surface area contributed by atoms with Crippen LogP contribution in [-0.2, 0) is 19.1 Å². The fourth-order valence-electron chi connectivity index (χ4n) is 2.01. The Kier molecular flexibility index (Phi) is 8.63. The Labute approximate surface area is 178 Å². The van der Waals surface area contributed by atoms with Crippen LogP contribution >= 0.6 is 0 Å². The molecule has 4 nitrogen and oxygen atoms in total. The summed E-state index contributed by atoms with van der Waals surface area (Å²) in [6.45, 7) is 4.23. The van der Waals surface area contributed by atoms with Crippen LogP contribution in [0.5, 0.6) is 0 Å². The highest BCUT2D eigenvalue weighted by Gasteiger charge is 2.77. The van der Waals surface area contributed by atoms with Crippen molar-refractivity contribution in [3.8, 4) is 0 Å². The summed E-state index contributed by atoms with van der Waals surface area (Å²) in [7, 11) is 0. The van der Waals surface area contributed by atoms with Gasteiger partial charge in [0.25, 0.3) is 0 Å². The quantitative estimate of drug-likeness (QED) is 0.213. The molecule has 16 heteroatoms. The van der Waals surface area contributed by atoms with Crippen molar-refractivity contribution in [2.45, 2.75) is 70.0 Å². The Morgan fingerprint density at radius 2 is 0.970 bits per heavy atom. The van der Waals surface area contributed by atoms with Crippen molar-refractivity contribution in [2.75, 3.05) is 0 Å². The Morgan fingerprint density at radius 3 is 1.24 bits per heavy atom. The van der Waals surface area contributed by atoms with Gasteiger partial charge >= 0.3 is 47.8 Å². The number of alkyl halides is 12. The third-order valence-electron chi connectivity index (χ3n) is 4.17. The molecule has 0 rings (SSSR count). The lowest BCUT2D eigenvalue weighted by Gasteiger charge is -2.36. The zero-order chi connectivity index (χ0) is 27.0. The molecule has 0 N–H and O–H groups in total. The molecule has 0 radical (unpaired) electrons. The van der Waals surface area contributed by atoms with Gasteiger partial charge < -0.3 is 9.47 Å². The lowest BCUT2D eigenvalue weighted by molar-refractivity contribution is -0.395. The number of esters is 2. The SMILES string of the molecule is C=C(CC(=O)OC(F)(C(F)(F)F)C(F)(F)C(C)C)C(=O)OC(F)(C(F)(F)F)C(F)(F)C(C)C. The molecule has 0 saturated heterocycles. The van der Waals surface area contributed by atoms with Crippen LogP contribution in [0.1, 0.15) is 34.1 Å². The Morgan fingerprint density at radius 1 is 0.667 bits per heavy atom. The summed E-state index contributed by atoms with van der Waals surface area (Å²) >= 11 is 0. The van der Waals surface area contributed by atoms with Gasteiger partial charge in [0.1, 0.15) is 0 Å². The van der Waals surface area contributed by atoms with Gasteiger partial charge in [-0.15, -0.1) is 0 Å². The smallest absolute Gasteiger partial charge is 0.415 e. The van der Waals surface area contributed by atoms with Gasteiger partial charge in [0.15, 0.2) is 0 Å². The van der Waals surface area contributed by atoms with Gasteiger partial charge in [0.2, 0.25) is 0 Å². The Hall–Kier alpha value is -2.16. The van der Waals surface area contributed by atoms with Gasteiger partial charge in [-0.05, 0) is 0 Å². The molecule has 2 atom stereocenters. The van der Waals surface area contributed by atoms with E-state index in [1.807, 2.05) is 0 Å². The summed E-state index contributed by atoms with van der Waals surface area (Å²) < 4.78 is 167. The standard InChI is InChI=1S/C17H18F12O4/c1-7(2)12(18,19)14(22,16(24,25)26)32-10(30)6-9(5)11(31)33-15(23,17(27,28)29)13(20,21)8(3)4/h7-8H,5-6H2,1-4H3. The highest BCUT2D eigenvalue weighted by molar-refractivity contribution is 5.93. The number of ether oxygens (including phenoxy) is 2. The molecule has 0 heterocycles. The van der Waals surface area contributed by atoms with E-state index in [4.69, 9.17) is 0 Å². The minimum Gasteiger partial charge on any atom is -0.415 e. The van der Waals surface area contributed by atoms with E-state index in [9.17, 15) is 62.3 Å². The fraction of sp³-hybridized carbons (Fsp3) is 0.765. The first-order chi connectivity index (χ1) is 14.3. The molecule has 0 aliphatic rings. The van der Waals surface area contributed by atoms with E-state index in [2.05, 4.69) is 16.1 Å². The maximum atomic E-state index is 14.2. The summed E-state index contributed by atoms with van der Waals surface area (Å²) in [5, 5.41) is 0. The number of hydrogen-bond acceptors (Lipinski definition) is 4. The molecule has 33 heavy (non-hydrogen) atoms. The maximum absolute atomic E-state index is 14.2. The van der Waals surface area contributed by atoms with Crippen LogP contribution in [0.25, 0.3) is 0 Å². The highest BCUT2D eigenvalue weighted by atomic mass is 19.4. The molecule has 0 spiro atoms. The van der Waals surface area contributed by atoms with Crippen molar-refractivity contribution < 1.29 is 71.7 Å². The van der Waals surface area contributed by atoms with Crippen molar-refractivity contribution in [1.82, 2.24) is 0 Å². The molecule has 0 saturated carbocycles. The number of carbonyl (C=O) groups is 2. The monoisotopic (exact) mass is 514 g/mol. The third kappa shape index (κ3) is 5.67. The number of hydrogen-bond donors (Lipinski definition) is 0. The topological polar surface area (TPSA) is 52.6 Å². The Balaban J connectivity index is 5.83. The molecular weight excluding hydrogens is 496 g/mol. The summed E-state index contributed by atoms with van der Waals surface area (Å²) in [6.07, 6.45) is -15.1. The molecule has 0 bridgehead atoms. The molecule has 0 amide bonds. The summed E-state index contributed by atoms with van der Waals surface area (Å²) in [5.74, 6) is -32.8. The van der Waals surface area contributed by atoms with Gasteiger partial charge in [-0.25, -0.2) is 4.79 Å². The van der Waals surface area contributed by atoms with E-state index in [1.54, 1.807) is 0 Å². The normalized spacial score (nSPS) is 17.4. The third-order valence-corrected chi connectivity index (χ3v) is 4.17. The summed E-state index contributed by atoms with van der Waals surface area (Å²) in [6, 6.07) is 0. The zero-order valence-corrected chi connectivity index (χ0v) is 17.2. The van der Waals surface area contributed by atoms with Crippen molar-refractivity contribution >= 4 is 11.9 Å². The van der Waals surface area contributed by atoms with Crippen molar-refractivity contribution in [1.29, 1.82) is 0 Å². The summed E-state index contributed by atoms with van der Waals surface area (Å²) in [5.41, 5.74) is -1.73. The first-order valence-corrected chi connectivity index (χ1v) is 8.69. The zero-order valence-electron chi connectivity index (χ0n) is 17.2.